The Hall–Kier alpha value is -1.34. The standard InChI is InChI=1S/C13H13BrClFN2O3/c1-13(11(19)20)3-2-4-18(13)12(21)17-10-8(14)5-7(16)6-9(10)15/h5-6H,2-4H2,1H3,(H,17,21)(H,19,20). The summed E-state index contributed by atoms with van der Waals surface area (Å²) in [6.07, 6.45) is 0.989. The fraction of sp³-hybridized carbons (Fsp3) is 0.385. The topological polar surface area (TPSA) is 69.6 Å². The number of benzene rings is 1. The summed E-state index contributed by atoms with van der Waals surface area (Å²) in [4.78, 5) is 24.9. The second-order valence-corrected chi connectivity index (χ2v) is 6.27. The fourth-order valence-corrected chi connectivity index (χ4v) is 3.25. The first kappa shape index (κ1) is 16.0. The number of hydrogen-bond donors (Lipinski definition) is 2. The van der Waals surface area contributed by atoms with Crippen LogP contribution in [-0.4, -0.2) is 34.1 Å². The van der Waals surface area contributed by atoms with Gasteiger partial charge >= 0.3 is 12.0 Å². The molecule has 1 unspecified atom stereocenters. The van der Waals surface area contributed by atoms with Crippen LogP contribution in [0.4, 0.5) is 14.9 Å². The van der Waals surface area contributed by atoms with Crippen LogP contribution in [0.5, 0.6) is 0 Å². The number of carbonyl (C=O) groups excluding carboxylic acids is 1. The highest BCUT2D eigenvalue weighted by atomic mass is 79.9. The highest BCUT2D eigenvalue weighted by molar-refractivity contribution is 9.10. The minimum absolute atomic E-state index is 0.0338. The summed E-state index contributed by atoms with van der Waals surface area (Å²) >= 11 is 9.02. The van der Waals surface area contributed by atoms with E-state index >= 15 is 0 Å². The molecule has 1 aliphatic rings. The van der Waals surface area contributed by atoms with E-state index in [0.29, 0.717) is 19.4 Å². The van der Waals surface area contributed by atoms with Crippen LogP contribution >= 0.6 is 27.5 Å². The van der Waals surface area contributed by atoms with E-state index in [2.05, 4.69) is 21.2 Å². The number of carboxylic acid groups (broad SMARTS) is 1. The summed E-state index contributed by atoms with van der Waals surface area (Å²) in [5.74, 6) is -1.60. The van der Waals surface area contributed by atoms with E-state index in [1.165, 1.54) is 17.9 Å². The van der Waals surface area contributed by atoms with E-state index in [9.17, 15) is 19.1 Å². The third-order valence-electron chi connectivity index (χ3n) is 3.59. The van der Waals surface area contributed by atoms with Gasteiger partial charge in [0.15, 0.2) is 0 Å². The van der Waals surface area contributed by atoms with Gasteiger partial charge in [0, 0.05) is 11.0 Å². The van der Waals surface area contributed by atoms with Gasteiger partial charge in [-0.25, -0.2) is 14.0 Å². The van der Waals surface area contributed by atoms with Crippen molar-refractivity contribution in [2.75, 3.05) is 11.9 Å². The zero-order valence-corrected chi connectivity index (χ0v) is 13.5. The van der Waals surface area contributed by atoms with Gasteiger partial charge in [-0.05, 0) is 47.8 Å². The van der Waals surface area contributed by atoms with Gasteiger partial charge in [-0.15, -0.1) is 0 Å². The molecular formula is C13H13BrClFN2O3. The molecule has 1 aromatic carbocycles. The normalized spacial score (nSPS) is 21.4. The number of nitrogens with zero attached hydrogens (tertiary/aromatic N) is 1. The average Bonchev–Trinajstić information content (AvgIpc) is 2.77. The van der Waals surface area contributed by atoms with E-state index in [0.717, 1.165) is 6.07 Å². The molecule has 1 saturated heterocycles. The molecule has 2 rings (SSSR count). The van der Waals surface area contributed by atoms with E-state index in [4.69, 9.17) is 11.6 Å². The molecule has 21 heavy (non-hydrogen) atoms. The molecule has 1 aliphatic heterocycles. The van der Waals surface area contributed by atoms with Crippen molar-refractivity contribution >= 4 is 45.2 Å². The molecular weight excluding hydrogens is 367 g/mol. The number of urea groups is 1. The number of aliphatic carboxylic acids is 1. The van der Waals surface area contributed by atoms with Gasteiger partial charge in [0.1, 0.15) is 11.4 Å². The van der Waals surface area contributed by atoms with Crippen LogP contribution in [0.2, 0.25) is 5.02 Å². The van der Waals surface area contributed by atoms with Gasteiger partial charge < -0.3 is 15.3 Å². The lowest BCUT2D eigenvalue weighted by molar-refractivity contribution is -0.146. The molecule has 1 aromatic rings. The molecule has 0 aliphatic carbocycles. The molecule has 0 spiro atoms. The molecule has 0 radical (unpaired) electrons. The second-order valence-electron chi connectivity index (χ2n) is 5.01. The number of carboxylic acids is 1. The zero-order valence-electron chi connectivity index (χ0n) is 11.1. The monoisotopic (exact) mass is 378 g/mol. The number of likely N-dealkylation sites (tertiary alicyclic amines) is 1. The SMILES string of the molecule is CC1(C(=O)O)CCCN1C(=O)Nc1c(Cl)cc(F)cc1Br. The van der Waals surface area contributed by atoms with Crippen molar-refractivity contribution in [3.63, 3.8) is 0 Å². The van der Waals surface area contributed by atoms with Gasteiger partial charge in [0.25, 0.3) is 0 Å². The lowest BCUT2D eigenvalue weighted by atomic mass is 10.00. The number of halogens is 3. The molecule has 0 aromatic heterocycles. The van der Waals surface area contributed by atoms with Crippen LogP contribution < -0.4 is 5.32 Å². The van der Waals surface area contributed by atoms with Crippen molar-refractivity contribution in [2.45, 2.75) is 25.3 Å². The van der Waals surface area contributed by atoms with E-state index in [1.807, 2.05) is 0 Å². The number of anilines is 1. The third-order valence-corrected chi connectivity index (χ3v) is 4.51. The Balaban J connectivity index is 2.25. The zero-order chi connectivity index (χ0) is 15.8. The van der Waals surface area contributed by atoms with Gasteiger partial charge in [0.2, 0.25) is 0 Å². The maximum Gasteiger partial charge on any atom is 0.329 e. The van der Waals surface area contributed by atoms with Crippen molar-refractivity contribution in [1.82, 2.24) is 4.90 Å². The maximum absolute atomic E-state index is 13.2. The Morgan fingerprint density at radius 1 is 1.52 bits per heavy atom. The van der Waals surface area contributed by atoms with Gasteiger partial charge in [0.05, 0.1) is 10.7 Å². The van der Waals surface area contributed by atoms with Crippen LogP contribution in [0.1, 0.15) is 19.8 Å². The Labute approximate surface area is 134 Å². The fourth-order valence-electron chi connectivity index (χ4n) is 2.35. The summed E-state index contributed by atoms with van der Waals surface area (Å²) in [7, 11) is 0. The Bertz CT molecular complexity index is 590. The molecule has 114 valence electrons. The predicted molar refractivity (Wildman–Crippen MR) is 80.1 cm³/mol. The number of nitrogens with one attached hydrogen (secondary N) is 1. The molecule has 0 saturated carbocycles. The van der Waals surface area contributed by atoms with E-state index in [-0.39, 0.29) is 15.2 Å². The highest BCUT2D eigenvalue weighted by Crippen LogP contribution is 2.34. The van der Waals surface area contributed by atoms with Crippen molar-refractivity contribution < 1.29 is 19.1 Å². The first-order chi connectivity index (χ1) is 9.75. The molecule has 8 heteroatoms. The molecule has 2 amide bonds. The quantitative estimate of drug-likeness (QED) is 0.823. The van der Waals surface area contributed by atoms with Crippen molar-refractivity contribution in [1.29, 1.82) is 0 Å². The summed E-state index contributed by atoms with van der Waals surface area (Å²) < 4.78 is 13.4. The highest BCUT2D eigenvalue weighted by Gasteiger charge is 2.46. The Morgan fingerprint density at radius 3 is 2.76 bits per heavy atom. The summed E-state index contributed by atoms with van der Waals surface area (Å²) in [6.45, 7) is 1.84. The van der Waals surface area contributed by atoms with Gasteiger partial charge in [-0.3, -0.25) is 0 Å². The van der Waals surface area contributed by atoms with Crippen molar-refractivity contribution in [3.8, 4) is 0 Å². The Kier molecular flexibility index (Phi) is 4.43. The minimum Gasteiger partial charge on any atom is -0.480 e. The van der Waals surface area contributed by atoms with Gasteiger partial charge in [-0.1, -0.05) is 11.6 Å². The first-order valence-corrected chi connectivity index (χ1v) is 7.39. The number of carbonyl (C=O) groups is 2. The maximum atomic E-state index is 13.2. The smallest absolute Gasteiger partial charge is 0.329 e. The predicted octanol–water partition coefficient (Wildman–Crippen LogP) is 3.71. The lowest BCUT2D eigenvalue weighted by Gasteiger charge is -2.31. The number of rotatable bonds is 2. The summed E-state index contributed by atoms with van der Waals surface area (Å²) in [5.41, 5.74) is -1.04. The molecule has 2 N–H and O–H groups in total. The number of hydrogen-bond acceptors (Lipinski definition) is 2. The summed E-state index contributed by atoms with van der Waals surface area (Å²) in [6, 6.07) is 1.66. The van der Waals surface area contributed by atoms with Crippen molar-refractivity contribution in [2.24, 2.45) is 0 Å². The van der Waals surface area contributed by atoms with Crippen LogP contribution in [0.15, 0.2) is 16.6 Å². The van der Waals surface area contributed by atoms with Crippen LogP contribution in [0, 0.1) is 5.82 Å². The largest absolute Gasteiger partial charge is 0.480 e. The third kappa shape index (κ3) is 2.98. The number of amides is 2. The molecule has 1 fully saturated rings. The van der Waals surface area contributed by atoms with Crippen molar-refractivity contribution in [3.05, 3.63) is 27.4 Å². The molecule has 1 heterocycles. The minimum atomic E-state index is -1.25. The molecule has 5 nitrogen and oxygen atoms in total. The summed E-state index contributed by atoms with van der Waals surface area (Å²) in [5, 5.41) is 11.9. The first-order valence-electron chi connectivity index (χ1n) is 6.22. The molecule has 0 bridgehead atoms. The lowest BCUT2D eigenvalue weighted by Crippen LogP contribution is -2.52. The van der Waals surface area contributed by atoms with Crippen LogP contribution in [0.25, 0.3) is 0 Å². The second kappa shape index (κ2) is 5.81. The van der Waals surface area contributed by atoms with Gasteiger partial charge in [-0.2, -0.15) is 0 Å². The van der Waals surface area contributed by atoms with E-state index in [1.54, 1.807) is 0 Å². The van der Waals surface area contributed by atoms with Crippen LogP contribution in [0.3, 0.4) is 0 Å². The van der Waals surface area contributed by atoms with Crippen LogP contribution in [-0.2, 0) is 4.79 Å². The van der Waals surface area contributed by atoms with E-state index < -0.39 is 23.4 Å². The Morgan fingerprint density at radius 2 is 2.19 bits per heavy atom. The molecule has 1 atom stereocenters. The average molecular weight is 380 g/mol.